The van der Waals surface area contributed by atoms with Gasteiger partial charge in [0.15, 0.2) is 0 Å². The molecule has 0 unspecified atom stereocenters. The maximum Gasteiger partial charge on any atom is 0.410 e. The van der Waals surface area contributed by atoms with E-state index in [1.165, 1.54) is 10.4 Å². The summed E-state index contributed by atoms with van der Waals surface area (Å²) in [5.74, 6) is 0.498. The summed E-state index contributed by atoms with van der Waals surface area (Å²) in [7, 11) is 0. The number of aromatic nitrogens is 2. The van der Waals surface area contributed by atoms with Crippen LogP contribution in [0, 0.1) is 5.92 Å². The lowest BCUT2D eigenvalue weighted by atomic mass is 9.90. The second kappa shape index (κ2) is 10.3. The third-order valence-electron chi connectivity index (χ3n) is 7.15. The zero-order chi connectivity index (χ0) is 25.3. The van der Waals surface area contributed by atoms with Crippen LogP contribution in [0.1, 0.15) is 89.5 Å². The SMILES string of the molecule is CCN(C(=O)OC(C)(C)C)C1CCC(Oc2ncnc3sc4c(c23)[C@@H](C[C@@H](C)C(N)=O)CC4)CC1. The number of hydrogen-bond donors (Lipinski definition) is 1. The molecule has 0 radical (unpaired) electrons. The van der Waals surface area contributed by atoms with Gasteiger partial charge >= 0.3 is 6.09 Å². The van der Waals surface area contributed by atoms with Crippen molar-refractivity contribution in [1.82, 2.24) is 14.9 Å². The summed E-state index contributed by atoms with van der Waals surface area (Å²) in [4.78, 5) is 37.5. The van der Waals surface area contributed by atoms with Crippen molar-refractivity contribution < 1.29 is 19.1 Å². The van der Waals surface area contributed by atoms with Crippen LogP contribution in [-0.2, 0) is 16.0 Å². The Labute approximate surface area is 211 Å². The van der Waals surface area contributed by atoms with E-state index in [2.05, 4.69) is 9.97 Å². The van der Waals surface area contributed by atoms with Gasteiger partial charge in [-0.2, -0.15) is 0 Å². The van der Waals surface area contributed by atoms with E-state index in [9.17, 15) is 9.59 Å². The Balaban J connectivity index is 1.46. The fourth-order valence-corrected chi connectivity index (χ4v) is 6.63. The van der Waals surface area contributed by atoms with E-state index in [1.54, 1.807) is 17.7 Å². The zero-order valence-corrected chi connectivity index (χ0v) is 22.3. The highest BCUT2D eigenvalue weighted by molar-refractivity contribution is 7.19. The Morgan fingerprint density at radius 1 is 1.20 bits per heavy atom. The number of primary amides is 1. The zero-order valence-electron chi connectivity index (χ0n) is 21.5. The van der Waals surface area contributed by atoms with E-state index in [0.717, 1.165) is 55.2 Å². The molecule has 192 valence electrons. The van der Waals surface area contributed by atoms with Crippen molar-refractivity contribution in [3.63, 3.8) is 0 Å². The first-order valence-corrected chi connectivity index (χ1v) is 13.6. The van der Waals surface area contributed by atoms with Crippen LogP contribution in [0.2, 0.25) is 0 Å². The number of thiophene rings is 1. The molecule has 0 spiro atoms. The minimum absolute atomic E-state index is 0.0432. The van der Waals surface area contributed by atoms with Gasteiger partial charge in [0.25, 0.3) is 0 Å². The van der Waals surface area contributed by atoms with Crippen molar-refractivity contribution in [3.05, 3.63) is 16.8 Å². The predicted molar refractivity (Wildman–Crippen MR) is 137 cm³/mol. The first-order chi connectivity index (χ1) is 16.6. The van der Waals surface area contributed by atoms with Crippen LogP contribution in [0.3, 0.4) is 0 Å². The second-order valence-electron chi connectivity index (χ2n) is 10.9. The van der Waals surface area contributed by atoms with Crippen LogP contribution in [0.4, 0.5) is 4.79 Å². The third-order valence-corrected chi connectivity index (χ3v) is 8.32. The van der Waals surface area contributed by atoms with E-state index < -0.39 is 5.60 Å². The summed E-state index contributed by atoms with van der Waals surface area (Å²) < 4.78 is 12.1. The summed E-state index contributed by atoms with van der Waals surface area (Å²) in [5, 5.41) is 1.01. The number of hydrogen-bond acceptors (Lipinski definition) is 7. The van der Waals surface area contributed by atoms with Crippen molar-refractivity contribution in [2.45, 2.75) is 103 Å². The maximum atomic E-state index is 12.7. The van der Waals surface area contributed by atoms with E-state index in [4.69, 9.17) is 15.2 Å². The molecule has 0 aromatic carbocycles. The molecule has 0 aliphatic heterocycles. The number of fused-ring (bicyclic) bond motifs is 3. The van der Waals surface area contributed by atoms with Gasteiger partial charge in [-0.1, -0.05) is 6.92 Å². The van der Waals surface area contributed by atoms with Gasteiger partial charge in [-0.05, 0) is 84.1 Å². The monoisotopic (exact) mass is 502 g/mol. The first-order valence-electron chi connectivity index (χ1n) is 12.8. The van der Waals surface area contributed by atoms with E-state index >= 15 is 0 Å². The third kappa shape index (κ3) is 5.71. The molecule has 9 heteroatoms. The Kier molecular flexibility index (Phi) is 7.54. The minimum atomic E-state index is -0.503. The molecule has 2 aliphatic rings. The molecule has 2 amide bonds. The fraction of sp³-hybridized carbons (Fsp3) is 0.692. The van der Waals surface area contributed by atoms with Crippen molar-refractivity contribution >= 4 is 33.6 Å². The van der Waals surface area contributed by atoms with Crippen LogP contribution in [0.5, 0.6) is 5.88 Å². The fourth-order valence-electron chi connectivity index (χ4n) is 5.40. The smallest absolute Gasteiger partial charge is 0.410 e. The Morgan fingerprint density at radius 3 is 2.54 bits per heavy atom. The van der Waals surface area contributed by atoms with Gasteiger partial charge in [0.05, 0.1) is 5.39 Å². The second-order valence-corrected chi connectivity index (χ2v) is 12.0. The first kappa shape index (κ1) is 25.7. The van der Waals surface area contributed by atoms with Crippen molar-refractivity contribution in [3.8, 4) is 5.88 Å². The van der Waals surface area contributed by atoms with E-state index in [1.807, 2.05) is 39.5 Å². The van der Waals surface area contributed by atoms with Gasteiger partial charge in [-0.15, -0.1) is 11.3 Å². The standard InChI is InChI=1S/C26H38N4O4S/c1-6-30(25(32)34-26(3,4)5)17-8-10-18(11-9-17)33-23-21-20-16(13-15(2)22(27)31)7-12-19(20)35-24(21)29-14-28-23/h14-18H,6-13H2,1-5H3,(H2,27,31)/t15-,16-,17?,18?/m1/s1. The quantitative estimate of drug-likeness (QED) is 0.559. The normalized spacial score (nSPS) is 23.1. The molecule has 2 N–H and O–H groups in total. The molecular weight excluding hydrogens is 464 g/mol. The molecule has 8 nitrogen and oxygen atoms in total. The van der Waals surface area contributed by atoms with Crippen LogP contribution in [0.25, 0.3) is 10.2 Å². The number of nitrogens with two attached hydrogens (primary N) is 1. The maximum absolute atomic E-state index is 12.7. The lowest BCUT2D eigenvalue weighted by Crippen LogP contribution is -2.45. The van der Waals surface area contributed by atoms with E-state index in [-0.39, 0.29) is 36.0 Å². The molecule has 2 aliphatic carbocycles. The average molecular weight is 503 g/mol. The highest BCUT2D eigenvalue weighted by atomic mass is 32.1. The molecule has 2 atom stereocenters. The average Bonchev–Trinajstić information content (AvgIpc) is 3.34. The molecule has 4 rings (SSSR count). The van der Waals surface area contributed by atoms with Gasteiger partial charge < -0.3 is 20.1 Å². The van der Waals surface area contributed by atoms with Crippen LogP contribution in [0.15, 0.2) is 6.33 Å². The van der Waals surface area contributed by atoms with Crippen molar-refractivity contribution in [1.29, 1.82) is 0 Å². The van der Waals surface area contributed by atoms with Gasteiger partial charge in [-0.25, -0.2) is 14.8 Å². The molecule has 0 saturated heterocycles. The molecule has 2 aromatic rings. The van der Waals surface area contributed by atoms with Gasteiger partial charge in [0, 0.05) is 23.4 Å². The number of aryl methyl sites for hydroxylation is 1. The Bertz CT molecular complexity index is 1070. The van der Waals surface area contributed by atoms with Crippen molar-refractivity contribution in [2.24, 2.45) is 11.7 Å². The molecule has 2 aromatic heterocycles. The topological polar surface area (TPSA) is 108 Å². The van der Waals surface area contributed by atoms with Crippen LogP contribution in [-0.4, -0.2) is 51.2 Å². The van der Waals surface area contributed by atoms with E-state index in [0.29, 0.717) is 12.4 Å². The number of rotatable bonds is 7. The Morgan fingerprint density at radius 2 is 1.91 bits per heavy atom. The van der Waals surface area contributed by atoms with Gasteiger partial charge in [0.2, 0.25) is 11.8 Å². The number of amides is 2. The summed E-state index contributed by atoms with van der Waals surface area (Å²) in [6, 6.07) is 0.158. The molecule has 35 heavy (non-hydrogen) atoms. The molecule has 1 saturated carbocycles. The summed E-state index contributed by atoms with van der Waals surface area (Å²) in [6.07, 6.45) is 7.57. The summed E-state index contributed by atoms with van der Waals surface area (Å²) >= 11 is 1.71. The van der Waals surface area contributed by atoms with Gasteiger partial charge in [0.1, 0.15) is 22.9 Å². The molecule has 2 heterocycles. The molecule has 1 fully saturated rings. The number of carbonyl (C=O) groups excluding carboxylic acids is 2. The number of carbonyl (C=O) groups is 2. The summed E-state index contributed by atoms with van der Waals surface area (Å²) in [6.45, 7) is 10.2. The predicted octanol–water partition coefficient (Wildman–Crippen LogP) is 5.18. The van der Waals surface area contributed by atoms with Gasteiger partial charge in [-0.3, -0.25) is 4.79 Å². The summed E-state index contributed by atoms with van der Waals surface area (Å²) in [5.41, 5.74) is 6.30. The lowest BCUT2D eigenvalue weighted by molar-refractivity contribution is -0.121. The highest BCUT2D eigenvalue weighted by Crippen LogP contribution is 2.48. The molecule has 0 bridgehead atoms. The highest BCUT2D eigenvalue weighted by Gasteiger charge is 2.34. The lowest BCUT2D eigenvalue weighted by Gasteiger charge is -2.37. The van der Waals surface area contributed by atoms with Crippen LogP contribution < -0.4 is 10.5 Å². The number of ether oxygens (including phenoxy) is 2. The van der Waals surface area contributed by atoms with Crippen molar-refractivity contribution in [2.75, 3.05) is 6.54 Å². The molecular formula is C26H38N4O4S. The van der Waals surface area contributed by atoms with Crippen LogP contribution >= 0.6 is 11.3 Å². The largest absolute Gasteiger partial charge is 0.474 e. The Hall–Kier alpha value is -2.42. The minimum Gasteiger partial charge on any atom is -0.474 e. The number of nitrogens with zero attached hydrogens (tertiary/aromatic N) is 3.